The third-order valence-corrected chi connectivity index (χ3v) is 2.92. The molecular formula is C9H17N3S. The lowest BCUT2D eigenvalue weighted by Crippen LogP contribution is -2.24. The van der Waals surface area contributed by atoms with Gasteiger partial charge in [-0.15, -0.1) is 11.3 Å². The summed E-state index contributed by atoms with van der Waals surface area (Å²) < 4.78 is 0. The molecule has 0 amide bonds. The summed E-state index contributed by atoms with van der Waals surface area (Å²) in [6.45, 7) is 5.23. The summed E-state index contributed by atoms with van der Waals surface area (Å²) in [5.41, 5.74) is 1.12. The van der Waals surface area contributed by atoms with Crippen LogP contribution in [0.3, 0.4) is 0 Å². The summed E-state index contributed by atoms with van der Waals surface area (Å²) in [7, 11) is 1.89. The monoisotopic (exact) mass is 199 g/mol. The second-order valence-electron chi connectivity index (χ2n) is 3.08. The van der Waals surface area contributed by atoms with Crippen molar-refractivity contribution < 1.29 is 0 Å². The molecule has 0 bridgehead atoms. The summed E-state index contributed by atoms with van der Waals surface area (Å²) in [5, 5.41) is 9.50. The zero-order valence-electron chi connectivity index (χ0n) is 8.42. The second kappa shape index (κ2) is 5.19. The minimum absolute atomic E-state index is 0.569. The van der Waals surface area contributed by atoms with Crippen LogP contribution in [0.2, 0.25) is 0 Å². The van der Waals surface area contributed by atoms with Crippen LogP contribution in [0.1, 0.15) is 26.0 Å². The standard InChI is InChI=1S/C9H17N3S/c1-4-7(2)11-5-8-6-13-9(10-3)12-8/h6-7,11H,4-5H2,1-3H3,(H,10,12). The van der Waals surface area contributed by atoms with E-state index in [-0.39, 0.29) is 0 Å². The molecule has 0 saturated carbocycles. The van der Waals surface area contributed by atoms with Crippen LogP contribution in [0.4, 0.5) is 5.13 Å². The van der Waals surface area contributed by atoms with E-state index in [1.165, 1.54) is 0 Å². The Labute approximate surface area is 83.6 Å². The van der Waals surface area contributed by atoms with Crippen LogP contribution >= 0.6 is 11.3 Å². The normalized spacial score (nSPS) is 12.8. The van der Waals surface area contributed by atoms with Gasteiger partial charge in [0.2, 0.25) is 0 Å². The fourth-order valence-electron chi connectivity index (χ4n) is 0.926. The van der Waals surface area contributed by atoms with Crippen LogP contribution in [-0.2, 0) is 6.54 Å². The Morgan fingerprint density at radius 2 is 2.38 bits per heavy atom. The maximum Gasteiger partial charge on any atom is 0.182 e. The predicted molar refractivity (Wildman–Crippen MR) is 58.3 cm³/mol. The van der Waals surface area contributed by atoms with Gasteiger partial charge in [-0.3, -0.25) is 0 Å². The fourth-order valence-corrected chi connectivity index (χ4v) is 1.60. The Morgan fingerprint density at radius 3 is 2.92 bits per heavy atom. The van der Waals surface area contributed by atoms with Crippen LogP contribution in [0.15, 0.2) is 5.38 Å². The van der Waals surface area contributed by atoms with Crippen molar-refractivity contribution in [2.24, 2.45) is 0 Å². The zero-order chi connectivity index (χ0) is 9.68. The molecule has 74 valence electrons. The van der Waals surface area contributed by atoms with E-state index in [9.17, 15) is 0 Å². The van der Waals surface area contributed by atoms with E-state index < -0.39 is 0 Å². The molecule has 0 aliphatic rings. The van der Waals surface area contributed by atoms with Crippen LogP contribution in [0, 0.1) is 0 Å². The SMILES string of the molecule is CCC(C)NCc1csc(NC)n1. The quantitative estimate of drug-likeness (QED) is 0.762. The number of thiazole rings is 1. The van der Waals surface area contributed by atoms with Crippen LogP contribution in [-0.4, -0.2) is 18.1 Å². The van der Waals surface area contributed by atoms with Crippen molar-refractivity contribution in [2.45, 2.75) is 32.9 Å². The van der Waals surface area contributed by atoms with Gasteiger partial charge >= 0.3 is 0 Å². The van der Waals surface area contributed by atoms with Crippen molar-refractivity contribution in [3.05, 3.63) is 11.1 Å². The first-order chi connectivity index (χ1) is 6.26. The Bertz CT molecular complexity index is 247. The van der Waals surface area contributed by atoms with E-state index >= 15 is 0 Å². The van der Waals surface area contributed by atoms with E-state index in [1.807, 2.05) is 7.05 Å². The van der Waals surface area contributed by atoms with Gasteiger partial charge in [0.05, 0.1) is 5.69 Å². The molecule has 1 unspecified atom stereocenters. The maximum atomic E-state index is 4.38. The number of anilines is 1. The molecule has 3 nitrogen and oxygen atoms in total. The van der Waals surface area contributed by atoms with Gasteiger partial charge < -0.3 is 10.6 Å². The number of aromatic nitrogens is 1. The van der Waals surface area contributed by atoms with Crippen molar-refractivity contribution in [1.29, 1.82) is 0 Å². The van der Waals surface area contributed by atoms with Crippen molar-refractivity contribution in [3.63, 3.8) is 0 Å². The first-order valence-corrected chi connectivity index (χ1v) is 5.49. The van der Waals surface area contributed by atoms with Gasteiger partial charge in [-0.25, -0.2) is 4.98 Å². The molecule has 0 aromatic carbocycles. The van der Waals surface area contributed by atoms with Crippen molar-refractivity contribution in [3.8, 4) is 0 Å². The molecule has 1 rings (SSSR count). The minimum atomic E-state index is 0.569. The van der Waals surface area contributed by atoms with Gasteiger partial charge in [0.25, 0.3) is 0 Å². The molecule has 0 spiro atoms. The summed E-state index contributed by atoms with van der Waals surface area (Å²) in [4.78, 5) is 4.38. The molecule has 2 N–H and O–H groups in total. The summed E-state index contributed by atoms with van der Waals surface area (Å²) in [6, 6.07) is 0.569. The second-order valence-corrected chi connectivity index (χ2v) is 3.94. The third-order valence-electron chi connectivity index (χ3n) is 2.01. The van der Waals surface area contributed by atoms with E-state index in [2.05, 4.69) is 34.8 Å². The van der Waals surface area contributed by atoms with Crippen LogP contribution in [0.25, 0.3) is 0 Å². The molecule has 4 heteroatoms. The molecule has 13 heavy (non-hydrogen) atoms. The molecule has 0 aliphatic carbocycles. The van der Waals surface area contributed by atoms with Gasteiger partial charge in [0.1, 0.15) is 0 Å². The van der Waals surface area contributed by atoms with Gasteiger partial charge in [-0.1, -0.05) is 6.92 Å². The molecule has 0 saturated heterocycles. The van der Waals surface area contributed by atoms with E-state index in [4.69, 9.17) is 0 Å². The average molecular weight is 199 g/mol. The Morgan fingerprint density at radius 1 is 1.62 bits per heavy atom. The predicted octanol–water partition coefficient (Wildman–Crippen LogP) is 2.07. The maximum absolute atomic E-state index is 4.38. The molecular weight excluding hydrogens is 182 g/mol. The summed E-state index contributed by atoms with van der Waals surface area (Å²) in [5.74, 6) is 0. The average Bonchev–Trinajstić information content (AvgIpc) is 2.61. The first kappa shape index (κ1) is 10.5. The Kier molecular flexibility index (Phi) is 4.18. The first-order valence-electron chi connectivity index (χ1n) is 4.61. The number of hydrogen-bond donors (Lipinski definition) is 2. The van der Waals surface area contributed by atoms with E-state index in [1.54, 1.807) is 11.3 Å². The number of hydrogen-bond acceptors (Lipinski definition) is 4. The van der Waals surface area contributed by atoms with Gasteiger partial charge in [0.15, 0.2) is 5.13 Å². The van der Waals surface area contributed by atoms with E-state index in [0.29, 0.717) is 6.04 Å². The van der Waals surface area contributed by atoms with Crippen molar-refractivity contribution in [2.75, 3.05) is 12.4 Å². The zero-order valence-corrected chi connectivity index (χ0v) is 9.24. The summed E-state index contributed by atoms with van der Waals surface area (Å²) in [6.07, 6.45) is 1.16. The summed E-state index contributed by atoms with van der Waals surface area (Å²) >= 11 is 1.65. The minimum Gasteiger partial charge on any atom is -0.365 e. The lowest BCUT2D eigenvalue weighted by molar-refractivity contribution is 0.530. The highest BCUT2D eigenvalue weighted by atomic mass is 32.1. The molecule has 1 atom stereocenters. The van der Waals surface area contributed by atoms with Crippen LogP contribution in [0.5, 0.6) is 0 Å². The molecule has 0 fully saturated rings. The molecule has 1 aromatic heterocycles. The Balaban J connectivity index is 2.36. The van der Waals surface area contributed by atoms with Gasteiger partial charge in [0, 0.05) is 25.0 Å². The smallest absolute Gasteiger partial charge is 0.182 e. The number of nitrogens with zero attached hydrogens (tertiary/aromatic N) is 1. The molecule has 0 radical (unpaired) electrons. The topological polar surface area (TPSA) is 37.0 Å². The number of rotatable bonds is 5. The number of nitrogens with one attached hydrogen (secondary N) is 2. The van der Waals surface area contributed by atoms with Crippen molar-refractivity contribution in [1.82, 2.24) is 10.3 Å². The lowest BCUT2D eigenvalue weighted by Gasteiger charge is -2.08. The molecule has 0 aliphatic heterocycles. The van der Waals surface area contributed by atoms with E-state index in [0.717, 1.165) is 23.8 Å². The lowest BCUT2D eigenvalue weighted by atomic mass is 10.2. The molecule has 1 aromatic rings. The largest absolute Gasteiger partial charge is 0.365 e. The Hall–Kier alpha value is -0.610. The highest BCUT2D eigenvalue weighted by Gasteiger charge is 2.01. The fraction of sp³-hybridized carbons (Fsp3) is 0.667. The van der Waals surface area contributed by atoms with Gasteiger partial charge in [-0.2, -0.15) is 0 Å². The van der Waals surface area contributed by atoms with Crippen molar-refractivity contribution >= 4 is 16.5 Å². The van der Waals surface area contributed by atoms with Gasteiger partial charge in [-0.05, 0) is 13.3 Å². The van der Waals surface area contributed by atoms with Crippen LogP contribution < -0.4 is 10.6 Å². The third kappa shape index (κ3) is 3.32. The molecule has 1 heterocycles. The highest BCUT2D eigenvalue weighted by molar-refractivity contribution is 7.13. The highest BCUT2D eigenvalue weighted by Crippen LogP contribution is 2.14.